The smallest absolute Gasteiger partial charge is 0.503 e. The van der Waals surface area contributed by atoms with E-state index >= 15 is 0 Å². The number of ether oxygens (including phenoxy) is 2. The largest absolute Gasteiger partial charge is 2.00 e. The Balaban J connectivity index is 0.00000314. The minimum absolute atomic E-state index is 0. The van der Waals surface area contributed by atoms with Gasteiger partial charge in [0.25, 0.3) is 0 Å². The summed E-state index contributed by atoms with van der Waals surface area (Å²) in [5.41, 5.74) is 6.71. The maximum absolute atomic E-state index is 6.52. The van der Waals surface area contributed by atoms with Gasteiger partial charge in [0.2, 0.25) is 0 Å². The summed E-state index contributed by atoms with van der Waals surface area (Å²) in [5, 5.41) is 5.31. The van der Waals surface area contributed by atoms with Gasteiger partial charge in [-0.15, -0.1) is 30.3 Å². The average Bonchev–Trinajstić information content (AvgIpc) is 3.72. The molecule has 232 valence electrons. The number of rotatable bonds is 3. The van der Waals surface area contributed by atoms with Crippen molar-refractivity contribution >= 4 is 49.3 Å². The van der Waals surface area contributed by atoms with Crippen LogP contribution in [0.15, 0.2) is 122 Å². The molecule has 4 aromatic heterocycles. The Morgan fingerprint density at radius 3 is 2.40 bits per heavy atom. The molecule has 0 saturated carbocycles. The molecule has 5 heterocycles. The minimum Gasteiger partial charge on any atom is -0.503 e. The molecule has 0 spiro atoms. The third kappa shape index (κ3) is 4.09. The standard InChI is InChI=1S/C41H26N4O2.Pt/c1-41(2)33-13-4-6-15-37(33)47-38-24-36-31(23-34(38)41)30-12-8-18-42-40(30)45(36)25-9-7-10-26(21-25)46-27-16-17-28-29-11-3-5-14-35(29)44-20-19-43-39(44)32(28)22-27;/h3-20,23-24H,1-2H3;/q-2;+2. The van der Waals surface area contributed by atoms with E-state index in [1.807, 2.05) is 67.1 Å². The van der Waals surface area contributed by atoms with Crippen LogP contribution >= 0.6 is 0 Å². The number of aromatic nitrogens is 4. The van der Waals surface area contributed by atoms with Crippen molar-refractivity contribution in [2.24, 2.45) is 0 Å². The molecule has 6 nitrogen and oxygen atoms in total. The SMILES string of the molecule is CC1(C)c2ccccc2Oc2cc3c(cc21)c1cccnc1n3-c1[c-]c(Oc2[c-]c3c(cc2)c2ccccc2n2ccnc32)ccc1.[Pt+2]. The van der Waals surface area contributed by atoms with Crippen LogP contribution < -0.4 is 9.47 Å². The predicted octanol–water partition coefficient (Wildman–Crippen LogP) is 9.95. The molecule has 10 rings (SSSR count). The summed E-state index contributed by atoms with van der Waals surface area (Å²) in [7, 11) is 0. The molecular weight excluding hydrogens is 776 g/mol. The van der Waals surface area contributed by atoms with E-state index in [-0.39, 0.29) is 26.5 Å². The second-order valence-electron chi connectivity index (χ2n) is 12.6. The van der Waals surface area contributed by atoms with E-state index < -0.39 is 0 Å². The summed E-state index contributed by atoms with van der Waals surface area (Å²) in [4.78, 5) is 9.49. The maximum atomic E-state index is 6.52. The van der Waals surface area contributed by atoms with Crippen LogP contribution in [0.2, 0.25) is 0 Å². The molecular formula is C41H26N4O2Pt. The fraction of sp³-hybridized carbons (Fsp3) is 0.0732. The van der Waals surface area contributed by atoms with Crippen molar-refractivity contribution in [3.63, 3.8) is 0 Å². The summed E-state index contributed by atoms with van der Waals surface area (Å²) in [6.45, 7) is 4.52. The van der Waals surface area contributed by atoms with Crippen molar-refractivity contribution in [1.29, 1.82) is 0 Å². The Morgan fingerprint density at radius 1 is 0.646 bits per heavy atom. The van der Waals surface area contributed by atoms with Gasteiger partial charge in [0, 0.05) is 69.0 Å². The Morgan fingerprint density at radius 2 is 1.46 bits per heavy atom. The van der Waals surface area contributed by atoms with Crippen molar-refractivity contribution in [3.05, 3.63) is 145 Å². The van der Waals surface area contributed by atoms with E-state index in [1.165, 1.54) is 5.56 Å². The Bertz CT molecular complexity index is 2740. The van der Waals surface area contributed by atoms with Gasteiger partial charge in [-0.05, 0) is 35.7 Å². The summed E-state index contributed by atoms with van der Waals surface area (Å²) in [6.07, 6.45) is 5.64. The molecule has 0 fully saturated rings. The molecule has 48 heavy (non-hydrogen) atoms. The van der Waals surface area contributed by atoms with Gasteiger partial charge >= 0.3 is 21.1 Å². The normalized spacial score (nSPS) is 13.4. The van der Waals surface area contributed by atoms with Crippen LogP contribution in [0.1, 0.15) is 25.0 Å². The topological polar surface area (TPSA) is 53.6 Å². The molecule has 9 aromatic rings. The van der Waals surface area contributed by atoms with Gasteiger partial charge < -0.3 is 18.4 Å². The molecule has 0 aliphatic carbocycles. The fourth-order valence-electron chi connectivity index (χ4n) is 7.30. The maximum Gasteiger partial charge on any atom is 2.00 e. The summed E-state index contributed by atoms with van der Waals surface area (Å²) in [5.74, 6) is 2.91. The van der Waals surface area contributed by atoms with E-state index in [1.54, 1.807) is 0 Å². The molecule has 1 aliphatic rings. The third-order valence-corrected chi connectivity index (χ3v) is 9.53. The van der Waals surface area contributed by atoms with Crippen molar-refractivity contribution in [3.8, 4) is 28.7 Å². The molecule has 0 radical (unpaired) electrons. The van der Waals surface area contributed by atoms with E-state index in [2.05, 4.69) is 94.5 Å². The van der Waals surface area contributed by atoms with E-state index in [0.29, 0.717) is 11.5 Å². The van der Waals surface area contributed by atoms with Crippen molar-refractivity contribution < 1.29 is 30.5 Å². The van der Waals surface area contributed by atoms with Crippen molar-refractivity contribution in [1.82, 2.24) is 18.9 Å². The van der Waals surface area contributed by atoms with Crippen molar-refractivity contribution in [2.75, 3.05) is 0 Å². The van der Waals surface area contributed by atoms with Crippen LogP contribution in [-0.4, -0.2) is 18.9 Å². The molecule has 0 atom stereocenters. The number of hydrogen-bond donors (Lipinski definition) is 0. The Hall–Kier alpha value is -5.45. The van der Waals surface area contributed by atoms with Gasteiger partial charge in [0.15, 0.2) is 0 Å². The zero-order valence-electron chi connectivity index (χ0n) is 26.0. The average molecular weight is 802 g/mol. The molecule has 0 N–H and O–H groups in total. The zero-order valence-corrected chi connectivity index (χ0v) is 28.2. The quantitative estimate of drug-likeness (QED) is 0.132. The Labute approximate surface area is 290 Å². The van der Waals surface area contributed by atoms with Crippen LogP contribution in [0.4, 0.5) is 0 Å². The van der Waals surface area contributed by atoms with Crippen molar-refractivity contribution in [2.45, 2.75) is 19.3 Å². The second kappa shape index (κ2) is 10.5. The number of pyridine rings is 2. The van der Waals surface area contributed by atoms with Gasteiger partial charge in [-0.1, -0.05) is 72.8 Å². The first kappa shape index (κ1) is 28.7. The zero-order chi connectivity index (χ0) is 31.3. The first-order valence-corrected chi connectivity index (χ1v) is 15.7. The molecule has 0 saturated heterocycles. The first-order chi connectivity index (χ1) is 23.0. The molecule has 0 unspecified atom stereocenters. The summed E-state index contributed by atoms with van der Waals surface area (Å²) >= 11 is 0. The van der Waals surface area contributed by atoms with Crippen LogP contribution in [0, 0.1) is 12.1 Å². The van der Waals surface area contributed by atoms with Crippen LogP contribution in [0.3, 0.4) is 0 Å². The van der Waals surface area contributed by atoms with Gasteiger partial charge in [-0.2, -0.15) is 6.07 Å². The van der Waals surface area contributed by atoms with Gasteiger partial charge in [-0.25, -0.2) is 4.98 Å². The first-order valence-electron chi connectivity index (χ1n) is 15.7. The summed E-state index contributed by atoms with van der Waals surface area (Å²) < 4.78 is 17.2. The van der Waals surface area contributed by atoms with Crippen LogP contribution in [0.5, 0.6) is 23.0 Å². The molecule has 1 aliphatic heterocycles. The summed E-state index contributed by atoms with van der Waals surface area (Å²) in [6, 6.07) is 42.2. The minimum atomic E-state index is -0.223. The number of benzene rings is 5. The number of imidazole rings is 1. The fourth-order valence-corrected chi connectivity index (χ4v) is 7.30. The number of para-hydroxylation sites is 2. The number of fused-ring (bicyclic) bond motifs is 11. The van der Waals surface area contributed by atoms with Gasteiger partial charge in [0.05, 0.1) is 11.2 Å². The number of nitrogens with zero attached hydrogens (tertiary/aromatic N) is 4. The molecule has 0 bridgehead atoms. The molecule has 5 aromatic carbocycles. The number of hydrogen-bond acceptors (Lipinski definition) is 4. The monoisotopic (exact) mass is 801 g/mol. The molecule has 0 amide bonds. The van der Waals surface area contributed by atoms with Crippen LogP contribution in [-0.2, 0) is 26.5 Å². The third-order valence-electron chi connectivity index (χ3n) is 9.53. The van der Waals surface area contributed by atoms with E-state index in [9.17, 15) is 0 Å². The van der Waals surface area contributed by atoms with E-state index in [0.717, 1.165) is 72.0 Å². The second-order valence-corrected chi connectivity index (χ2v) is 12.6. The van der Waals surface area contributed by atoms with Gasteiger partial charge in [0.1, 0.15) is 17.1 Å². The molecule has 7 heteroatoms. The van der Waals surface area contributed by atoms with E-state index in [4.69, 9.17) is 14.5 Å². The predicted molar refractivity (Wildman–Crippen MR) is 185 cm³/mol. The van der Waals surface area contributed by atoms with Crippen LogP contribution in [0.25, 0.3) is 54.9 Å². The van der Waals surface area contributed by atoms with Gasteiger partial charge in [-0.3, -0.25) is 4.98 Å². The Kier molecular flexibility index (Phi) is 6.31.